The number of hydrogen-bond acceptors (Lipinski definition) is 5. The summed E-state index contributed by atoms with van der Waals surface area (Å²) in [5.41, 5.74) is 5.14. The first-order chi connectivity index (χ1) is 6.91. The average molecular weight is 204 g/mol. The molecule has 3 N–H and O–H groups in total. The molecule has 0 aromatic carbocycles. The van der Waals surface area contributed by atoms with Crippen molar-refractivity contribution in [3.63, 3.8) is 0 Å². The van der Waals surface area contributed by atoms with E-state index >= 15 is 0 Å². The predicted octanol–water partition coefficient (Wildman–Crippen LogP) is -0.148. The number of unbranched alkanes of at least 4 members (excludes halogenated alkanes) is 1. The fourth-order valence-electron chi connectivity index (χ4n) is 0.868. The number of hydrogen-bond donors (Lipinski definition) is 2. The molecule has 0 amide bonds. The van der Waals surface area contributed by atoms with Crippen LogP contribution in [-0.2, 0) is 14.3 Å². The van der Waals surface area contributed by atoms with Gasteiger partial charge in [0.25, 0.3) is 0 Å². The molecule has 0 saturated heterocycles. The van der Waals surface area contributed by atoms with Crippen molar-refractivity contribution < 1.29 is 14.3 Å². The first kappa shape index (κ1) is 13.5. The molecule has 0 aliphatic heterocycles. The third-order valence-electron chi connectivity index (χ3n) is 1.57. The number of nitrogens with one attached hydrogen (secondary N) is 1. The van der Waals surface area contributed by atoms with E-state index in [1.807, 2.05) is 0 Å². The standard InChI is InChI=1S/C9H20N2O3/c10-8-13-7-3-4-11-9-14-6-2-1-5-12/h5,11H,1-4,6-10H2. The van der Waals surface area contributed by atoms with Crippen molar-refractivity contribution in [2.75, 3.05) is 33.2 Å². The van der Waals surface area contributed by atoms with Gasteiger partial charge in [0.1, 0.15) is 6.29 Å². The number of aldehydes is 1. The van der Waals surface area contributed by atoms with Crippen molar-refractivity contribution in [3.05, 3.63) is 0 Å². The molecule has 0 rings (SSSR count). The molecule has 0 aromatic rings. The van der Waals surface area contributed by atoms with Crippen molar-refractivity contribution in [1.82, 2.24) is 5.32 Å². The second kappa shape index (κ2) is 12.5. The first-order valence-electron chi connectivity index (χ1n) is 4.91. The van der Waals surface area contributed by atoms with Gasteiger partial charge in [0, 0.05) is 19.6 Å². The van der Waals surface area contributed by atoms with Crippen molar-refractivity contribution in [2.24, 2.45) is 5.73 Å². The van der Waals surface area contributed by atoms with E-state index in [0.717, 1.165) is 25.7 Å². The van der Waals surface area contributed by atoms with Crippen molar-refractivity contribution in [2.45, 2.75) is 19.3 Å². The van der Waals surface area contributed by atoms with Gasteiger partial charge in [-0.3, -0.25) is 5.32 Å². The van der Waals surface area contributed by atoms with Gasteiger partial charge in [0.15, 0.2) is 0 Å². The third-order valence-corrected chi connectivity index (χ3v) is 1.57. The van der Waals surface area contributed by atoms with E-state index in [-0.39, 0.29) is 6.73 Å². The fraction of sp³-hybridized carbons (Fsp3) is 0.889. The molecular formula is C9H20N2O3. The highest BCUT2D eigenvalue weighted by Gasteiger charge is 1.89. The van der Waals surface area contributed by atoms with E-state index in [9.17, 15) is 4.79 Å². The minimum absolute atomic E-state index is 0.280. The molecule has 0 aliphatic carbocycles. The number of ether oxygens (including phenoxy) is 2. The summed E-state index contributed by atoms with van der Waals surface area (Å²) in [4.78, 5) is 9.95. The molecule has 0 bridgehead atoms. The molecule has 5 nitrogen and oxygen atoms in total. The molecule has 0 saturated carbocycles. The molecule has 84 valence electrons. The summed E-state index contributed by atoms with van der Waals surface area (Å²) in [5.74, 6) is 0. The highest BCUT2D eigenvalue weighted by atomic mass is 16.5. The van der Waals surface area contributed by atoms with Crippen LogP contribution in [0.1, 0.15) is 19.3 Å². The summed E-state index contributed by atoms with van der Waals surface area (Å²) in [7, 11) is 0. The van der Waals surface area contributed by atoms with Gasteiger partial charge in [-0.05, 0) is 19.4 Å². The summed E-state index contributed by atoms with van der Waals surface area (Å²) in [6.07, 6.45) is 3.20. The van der Waals surface area contributed by atoms with Gasteiger partial charge >= 0.3 is 0 Å². The smallest absolute Gasteiger partial charge is 0.120 e. The molecule has 0 heterocycles. The Morgan fingerprint density at radius 2 is 2.00 bits per heavy atom. The quantitative estimate of drug-likeness (QED) is 0.278. The Bertz CT molecular complexity index is 123. The lowest BCUT2D eigenvalue weighted by Gasteiger charge is -2.05. The van der Waals surface area contributed by atoms with Crippen LogP contribution in [0.25, 0.3) is 0 Å². The summed E-state index contributed by atoms with van der Waals surface area (Å²) >= 11 is 0. The van der Waals surface area contributed by atoms with E-state index in [1.54, 1.807) is 0 Å². The van der Waals surface area contributed by atoms with Crippen LogP contribution in [0.15, 0.2) is 0 Å². The second-order valence-corrected chi connectivity index (χ2v) is 2.79. The van der Waals surface area contributed by atoms with Gasteiger partial charge in [0.2, 0.25) is 0 Å². The van der Waals surface area contributed by atoms with Gasteiger partial charge < -0.3 is 20.0 Å². The maximum atomic E-state index is 9.95. The van der Waals surface area contributed by atoms with E-state index in [0.29, 0.717) is 26.4 Å². The minimum atomic E-state index is 0.280. The van der Waals surface area contributed by atoms with Gasteiger partial charge in [-0.2, -0.15) is 0 Å². The van der Waals surface area contributed by atoms with Crippen LogP contribution in [0.4, 0.5) is 0 Å². The van der Waals surface area contributed by atoms with Crippen molar-refractivity contribution in [1.29, 1.82) is 0 Å². The maximum Gasteiger partial charge on any atom is 0.120 e. The molecule has 0 spiro atoms. The van der Waals surface area contributed by atoms with Crippen LogP contribution in [0.3, 0.4) is 0 Å². The van der Waals surface area contributed by atoms with E-state index in [1.165, 1.54) is 0 Å². The maximum absolute atomic E-state index is 9.95. The molecule has 0 atom stereocenters. The van der Waals surface area contributed by atoms with Crippen molar-refractivity contribution >= 4 is 6.29 Å². The lowest BCUT2D eigenvalue weighted by Crippen LogP contribution is -2.21. The molecule has 0 aliphatic rings. The molecule has 5 heteroatoms. The van der Waals surface area contributed by atoms with E-state index < -0.39 is 0 Å². The highest BCUT2D eigenvalue weighted by molar-refractivity contribution is 5.48. The molecule has 0 unspecified atom stereocenters. The van der Waals surface area contributed by atoms with Gasteiger partial charge in [-0.15, -0.1) is 0 Å². The van der Waals surface area contributed by atoms with E-state index in [4.69, 9.17) is 15.2 Å². The Hall–Kier alpha value is -0.490. The number of carbonyl (C=O) groups excluding carboxylic acids is 1. The Kier molecular flexibility index (Phi) is 12.1. The van der Waals surface area contributed by atoms with Crippen LogP contribution in [0, 0.1) is 0 Å². The number of nitrogens with two attached hydrogens (primary N) is 1. The Morgan fingerprint density at radius 1 is 1.21 bits per heavy atom. The molecule has 14 heavy (non-hydrogen) atoms. The zero-order valence-electron chi connectivity index (χ0n) is 8.54. The highest BCUT2D eigenvalue weighted by Crippen LogP contribution is 1.85. The average Bonchev–Trinajstić information content (AvgIpc) is 2.21. The lowest BCUT2D eigenvalue weighted by molar-refractivity contribution is -0.108. The van der Waals surface area contributed by atoms with Gasteiger partial charge in [0.05, 0.1) is 13.5 Å². The second-order valence-electron chi connectivity index (χ2n) is 2.79. The number of rotatable bonds is 11. The summed E-state index contributed by atoms with van der Waals surface area (Å²) in [6, 6.07) is 0. The Morgan fingerprint density at radius 3 is 2.71 bits per heavy atom. The topological polar surface area (TPSA) is 73.6 Å². The first-order valence-corrected chi connectivity index (χ1v) is 4.91. The normalized spacial score (nSPS) is 10.4. The minimum Gasteiger partial charge on any atom is -0.366 e. The van der Waals surface area contributed by atoms with Crippen LogP contribution < -0.4 is 11.1 Å². The van der Waals surface area contributed by atoms with Crippen LogP contribution in [0.2, 0.25) is 0 Å². The molecule has 0 radical (unpaired) electrons. The Labute approximate surface area is 84.9 Å². The zero-order valence-corrected chi connectivity index (χ0v) is 8.54. The van der Waals surface area contributed by atoms with E-state index in [2.05, 4.69) is 5.32 Å². The van der Waals surface area contributed by atoms with Gasteiger partial charge in [-0.1, -0.05) is 0 Å². The predicted molar refractivity (Wildman–Crippen MR) is 53.7 cm³/mol. The van der Waals surface area contributed by atoms with Crippen LogP contribution in [-0.4, -0.2) is 39.5 Å². The van der Waals surface area contributed by atoms with Gasteiger partial charge in [-0.25, -0.2) is 0 Å². The zero-order chi connectivity index (χ0) is 10.5. The summed E-state index contributed by atoms with van der Waals surface area (Å²) in [5, 5.41) is 3.09. The monoisotopic (exact) mass is 204 g/mol. The summed E-state index contributed by atoms with van der Waals surface area (Å²) in [6.45, 7) is 2.97. The van der Waals surface area contributed by atoms with Crippen molar-refractivity contribution in [3.8, 4) is 0 Å². The van der Waals surface area contributed by atoms with Crippen LogP contribution in [0.5, 0.6) is 0 Å². The Balaban J connectivity index is 2.81. The molecule has 0 fully saturated rings. The molecule has 0 aromatic heterocycles. The van der Waals surface area contributed by atoms with Crippen LogP contribution >= 0.6 is 0 Å². The summed E-state index contributed by atoms with van der Waals surface area (Å²) < 4.78 is 10.2. The SMILES string of the molecule is NCOCCCNCOCCCC=O. The molecular weight excluding hydrogens is 184 g/mol. The largest absolute Gasteiger partial charge is 0.366 e. The fourth-order valence-corrected chi connectivity index (χ4v) is 0.868. The lowest BCUT2D eigenvalue weighted by atomic mass is 10.3. The number of carbonyl (C=O) groups is 1. The third kappa shape index (κ3) is 11.5.